The fraction of sp³-hybridized carbons (Fsp3) is 0.133. The lowest BCUT2D eigenvalue weighted by atomic mass is 10.2. The summed E-state index contributed by atoms with van der Waals surface area (Å²) in [7, 11) is 1.48. The number of alkyl halides is 3. The second kappa shape index (κ2) is 6.91. The quantitative estimate of drug-likeness (QED) is 0.830. The minimum atomic E-state index is -4.75. The van der Waals surface area contributed by atoms with Crippen molar-refractivity contribution in [2.24, 2.45) is 0 Å². The van der Waals surface area contributed by atoms with Crippen molar-refractivity contribution in [2.75, 3.05) is 12.4 Å². The molecule has 0 heterocycles. The van der Waals surface area contributed by atoms with E-state index in [1.807, 2.05) is 0 Å². The van der Waals surface area contributed by atoms with Gasteiger partial charge in [-0.25, -0.2) is 0 Å². The first-order valence-corrected chi connectivity index (χ1v) is 7.08. The summed E-state index contributed by atoms with van der Waals surface area (Å²) in [5, 5.41) is 2.58. The highest BCUT2D eigenvalue weighted by atomic mass is 79.9. The molecule has 0 aromatic heterocycles. The summed E-state index contributed by atoms with van der Waals surface area (Å²) in [4.78, 5) is 12.2. The van der Waals surface area contributed by atoms with Gasteiger partial charge < -0.3 is 14.8 Å². The van der Waals surface area contributed by atoms with Gasteiger partial charge in [-0.2, -0.15) is 0 Å². The molecule has 0 radical (unpaired) electrons. The zero-order chi connectivity index (χ0) is 17.0. The van der Waals surface area contributed by atoms with Gasteiger partial charge in [-0.05, 0) is 58.4 Å². The van der Waals surface area contributed by atoms with Crippen molar-refractivity contribution in [2.45, 2.75) is 6.36 Å². The van der Waals surface area contributed by atoms with E-state index in [4.69, 9.17) is 4.74 Å². The second-order valence-corrected chi connectivity index (χ2v) is 5.23. The van der Waals surface area contributed by atoms with Crippen LogP contribution < -0.4 is 14.8 Å². The molecular formula is C15H11BrF3NO3. The number of benzene rings is 2. The van der Waals surface area contributed by atoms with Crippen molar-refractivity contribution in [3.63, 3.8) is 0 Å². The third-order valence-electron chi connectivity index (χ3n) is 2.76. The molecule has 0 aliphatic rings. The third kappa shape index (κ3) is 4.88. The summed E-state index contributed by atoms with van der Waals surface area (Å²) < 4.78 is 45.6. The molecule has 0 saturated carbocycles. The van der Waals surface area contributed by atoms with E-state index < -0.39 is 12.3 Å². The molecule has 4 nitrogen and oxygen atoms in total. The molecule has 0 fully saturated rings. The van der Waals surface area contributed by atoms with E-state index in [0.29, 0.717) is 21.5 Å². The van der Waals surface area contributed by atoms with Gasteiger partial charge in [-0.1, -0.05) is 0 Å². The van der Waals surface area contributed by atoms with E-state index in [9.17, 15) is 18.0 Å². The van der Waals surface area contributed by atoms with Crippen LogP contribution in [0.2, 0.25) is 0 Å². The van der Waals surface area contributed by atoms with Crippen LogP contribution in [0.15, 0.2) is 46.9 Å². The normalized spacial score (nSPS) is 11.0. The SMILES string of the molecule is COc1ccc(Br)c(C(=O)Nc2ccc(OC(F)(F)F)cc2)c1. The Kier molecular flexibility index (Phi) is 5.15. The summed E-state index contributed by atoms with van der Waals surface area (Å²) in [6.45, 7) is 0. The molecule has 1 N–H and O–H groups in total. The van der Waals surface area contributed by atoms with Crippen LogP contribution >= 0.6 is 15.9 Å². The number of hydrogen-bond donors (Lipinski definition) is 1. The summed E-state index contributed by atoms with van der Waals surface area (Å²) in [5.41, 5.74) is 0.666. The summed E-state index contributed by atoms with van der Waals surface area (Å²) in [6.07, 6.45) is -4.75. The van der Waals surface area contributed by atoms with Gasteiger partial charge in [-0.3, -0.25) is 4.79 Å². The minimum absolute atomic E-state index is 0.333. The van der Waals surface area contributed by atoms with E-state index in [1.54, 1.807) is 18.2 Å². The summed E-state index contributed by atoms with van der Waals surface area (Å²) in [6, 6.07) is 9.74. The highest BCUT2D eigenvalue weighted by Gasteiger charge is 2.30. The Morgan fingerprint density at radius 3 is 2.26 bits per heavy atom. The van der Waals surface area contributed by atoms with E-state index in [-0.39, 0.29) is 5.75 Å². The molecule has 1 amide bonds. The highest BCUT2D eigenvalue weighted by Crippen LogP contribution is 2.26. The Morgan fingerprint density at radius 1 is 1.09 bits per heavy atom. The van der Waals surface area contributed by atoms with Gasteiger partial charge in [0.1, 0.15) is 11.5 Å². The maximum Gasteiger partial charge on any atom is 0.573 e. The molecule has 0 aliphatic carbocycles. The molecule has 0 spiro atoms. The monoisotopic (exact) mass is 389 g/mol. The van der Waals surface area contributed by atoms with Crippen molar-refractivity contribution in [3.8, 4) is 11.5 Å². The van der Waals surface area contributed by atoms with E-state index in [0.717, 1.165) is 12.1 Å². The number of anilines is 1. The van der Waals surface area contributed by atoms with Crippen LogP contribution in [0.1, 0.15) is 10.4 Å². The Morgan fingerprint density at radius 2 is 1.70 bits per heavy atom. The van der Waals surface area contributed by atoms with Crippen LogP contribution in [-0.2, 0) is 0 Å². The number of halogens is 4. The molecule has 0 saturated heterocycles. The number of nitrogens with one attached hydrogen (secondary N) is 1. The molecule has 0 atom stereocenters. The lowest BCUT2D eigenvalue weighted by molar-refractivity contribution is -0.274. The Bertz CT molecular complexity index is 702. The predicted molar refractivity (Wildman–Crippen MR) is 81.8 cm³/mol. The van der Waals surface area contributed by atoms with Crippen molar-refractivity contribution in [1.82, 2.24) is 0 Å². The molecule has 2 aromatic rings. The van der Waals surface area contributed by atoms with Crippen molar-refractivity contribution < 1.29 is 27.4 Å². The molecule has 0 unspecified atom stereocenters. The first kappa shape index (κ1) is 17.1. The van der Waals surface area contributed by atoms with Crippen LogP contribution in [0.5, 0.6) is 11.5 Å². The Balaban J connectivity index is 2.11. The van der Waals surface area contributed by atoms with Gasteiger partial charge in [0, 0.05) is 10.2 Å². The molecule has 2 rings (SSSR count). The van der Waals surface area contributed by atoms with Gasteiger partial charge >= 0.3 is 6.36 Å². The molecule has 23 heavy (non-hydrogen) atoms. The Hall–Kier alpha value is -2.22. The van der Waals surface area contributed by atoms with Crippen LogP contribution in [0.3, 0.4) is 0 Å². The lowest BCUT2D eigenvalue weighted by Crippen LogP contribution is -2.17. The van der Waals surface area contributed by atoms with Gasteiger partial charge in [0.15, 0.2) is 0 Å². The number of methoxy groups -OCH3 is 1. The average Bonchev–Trinajstić information content (AvgIpc) is 2.48. The lowest BCUT2D eigenvalue weighted by Gasteiger charge is -2.11. The third-order valence-corrected chi connectivity index (χ3v) is 3.46. The molecule has 0 aliphatic heterocycles. The van der Waals surface area contributed by atoms with Gasteiger partial charge in [0.2, 0.25) is 0 Å². The first-order chi connectivity index (χ1) is 10.8. The number of hydrogen-bond acceptors (Lipinski definition) is 3. The van der Waals surface area contributed by atoms with E-state index in [2.05, 4.69) is 26.0 Å². The fourth-order valence-electron chi connectivity index (χ4n) is 1.74. The molecular weight excluding hydrogens is 379 g/mol. The zero-order valence-corrected chi connectivity index (χ0v) is 13.4. The van der Waals surface area contributed by atoms with Gasteiger partial charge in [-0.15, -0.1) is 13.2 Å². The summed E-state index contributed by atoms with van der Waals surface area (Å²) in [5.74, 6) is -0.286. The van der Waals surface area contributed by atoms with E-state index >= 15 is 0 Å². The second-order valence-electron chi connectivity index (χ2n) is 4.37. The zero-order valence-electron chi connectivity index (χ0n) is 11.8. The largest absolute Gasteiger partial charge is 0.573 e. The number of rotatable bonds is 4. The molecule has 8 heteroatoms. The Labute approximate surface area is 138 Å². The van der Waals surface area contributed by atoms with Crippen LogP contribution in [-0.4, -0.2) is 19.4 Å². The fourth-order valence-corrected chi connectivity index (χ4v) is 2.17. The van der Waals surface area contributed by atoms with Gasteiger partial charge in [0.05, 0.1) is 12.7 Å². The number of amides is 1. The van der Waals surface area contributed by atoms with Crippen LogP contribution in [0.4, 0.5) is 18.9 Å². The maximum atomic E-state index is 12.2. The highest BCUT2D eigenvalue weighted by molar-refractivity contribution is 9.10. The van der Waals surface area contributed by atoms with Crippen molar-refractivity contribution in [3.05, 3.63) is 52.5 Å². The average molecular weight is 390 g/mol. The topological polar surface area (TPSA) is 47.6 Å². The van der Waals surface area contributed by atoms with Gasteiger partial charge in [0.25, 0.3) is 5.91 Å². The van der Waals surface area contributed by atoms with Crippen LogP contribution in [0.25, 0.3) is 0 Å². The summed E-state index contributed by atoms with van der Waals surface area (Å²) >= 11 is 3.26. The maximum absolute atomic E-state index is 12.2. The minimum Gasteiger partial charge on any atom is -0.497 e. The number of ether oxygens (including phenoxy) is 2. The number of carbonyl (C=O) groups is 1. The van der Waals surface area contributed by atoms with E-state index in [1.165, 1.54) is 19.2 Å². The molecule has 0 bridgehead atoms. The predicted octanol–water partition coefficient (Wildman–Crippen LogP) is 4.61. The smallest absolute Gasteiger partial charge is 0.497 e. The standard InChI is InChI=1S/C15H11BrF3NO3/c1-22-11-6-7-13(16)12(8-11)14(21)20-9-2-4-10(5-3-9)23-15(17,18)19/h2-8H,1H3,(H,20,21). The van der Waals surface area contributed by atoms with Crippen molar-refractivity contribution >= 4 is 27.5 Å². The first-order valence-electron chi connectivity index (χ1n) is 6.29. The molecule has 122 valence electrons. The van der Waals surface area contributed by atoms with Crippen molar-refractivity contribution in [1.29, 1.82) is 0 Å². The number of carbonyl (C=O) groups excluding carboxylic acids is 1. The molecule has 2 aromatic carbocycles. The van der Waals surface area contributed by atoms with Crippen LogP contribution in [0, 0.1) is 0 Å².